The molecule has 34 heavy (non-hydrogen) atoms. The van der Waals surface area contributed by atoms with Crippen LogP contribution in [-0.2, 0) is 0 Å². The summed E-state index contributed by atoms with van der Waals surface area (Å²) in [4.78, 5) is 31.8. The molecule has 1 saturated heterocycles. The molecule has 186 valence electrons. The molecule has 2 amide bonds. The highest BCUT2D eigenvalue weighted by Gasteiger charge is 2.36. The summed E-state index contributed by atoms with van der Waals surface area (Å²) < 4.78 is 65.6. The Morgan fingerprint density at radius 1 is 1.29 bits per heavy atom. The van der Waals surface area contributed by atoms with Gasteiger partial charge in [-0.05, 0) is 38.7 Å². The number of carbonyl (C=O) groups excluding carboxylic acids is 2. The monoisotopic (exact) mass is 505 g/mol. The van der Waals surface area contributed by atoms with Crippen LogP contribution in [0, 0.1) is 0 Å². The summed E-state index contributed by atoms with van der Waals surface area (Å²) in [6.45, 7) is 0.989. The quantitative estimate of drug-likeness (QED) is 0.496. The largest absolute Gasteiger partial charge is 0.401 e. The molecule has 1 aromatic heterocycles. The van der Waals surface area contributed by atoms with E-state index in [2.05, 4.69) is 20.9 Å². The van der Waals surface area contributed by atoms with Crippen molar-refractivity contribution in [2.45, 2.75) is 63.5 Å². The molecule has 1 aliphatic carbocycles. The molecule has 1 aromatic rings. The highest BCUT2D eigenvalue weighted by molar-refractivity contribution is 7.15. The van der Waals surface area contributed by atoms with E-state index in [-0.39, 0.29) is 33.2 Å². The van der Waals surface area contributed by atoms with Crippen molar-refractivity contribution in [3.8, 4) is 0 Å². The molecular weight excluding hydrogens is 481 g/mol. The molecule has 2 aliphatic heterocycles. The van der Waals surface area contributed by atoms with E-state index in [4.69, 9.17) is 0 Å². The molecule has 3 N–H and O–H groups in total. The second kappa shape index (κ2) is 9.61. The Balaban J connectivity index is 1.67. The van der Waals surface area contributed by atoms with Gasteiger partial charge in [-0.15, -0.1) is 11.3 Å². The molecule has 3 heterocycles. The van der Waals surface area contributed by atoms with Gasteiger partial charge in [0.05, 0.1) is 17.6 Å². The standard InChI is InChI=1S/C21H24F5N5O2S/c1-10-3-2-6-31(10)20(33)15-16(34-19(30-15)18(32)29-11-4-5-11)13-8-27-14(7-12(13)17(22)23)28-9-21(24,25)26/h7-8,10-11,14,17,27-28H,2-6,9H2,1H3,(H,29,32). The molecule has 0 aromatic carbocycles. The number of halogens is 5. The van der Waals surface area contributed by atoms with Crippen molar-refractivity contribution in [2.24, 2.45) is 0 Å². The summed E-state index contributed by atoms with van der Waals surface area (Å²) in [6, 6.07) is -0.0320. The van der Waals surface area contributed by atoms with Gasteiger partial charge in [-0.3, -0.25) is 14.9 Å². The third-order valence-corrected chi connectivity index (χ3v) is 6.90. The second-order valence-corrected chi connectivity index (χ2v) is 9.55. The maximum absolute atomic E-state index is 14.0. The third-order valence-electron chi connectivity index (χ3n) is 5.82. The number of nitrogens with zero attached hydrogens (tertiary/aromatic N) is 2. The molecule has 3 aliphatic rings. The number of alkyl halides is 5. The van der Waals surface area contributed by atoms with Crippen molar-refractivity contribution < 1.29 is 31.5 Å². The Bertz CT molecular complexity index is 1020. The van der Waals surface area contributed by atoms with Gasteiger partial charge in [0.25, 0.3) is 18.2 Å². The zero-order valence-corrected chi connectivity index (χ0v) is 19.0. The van der Waals surface area contributed by atoms with Gasteiger partial charge >= 0.3 is 6.18 Å². The summed E-state index contributed by atoms with van der Waals surface area (Å²) in [6.07, 6.45) is -3.36. The Kier molecular flexibility index (Phi) is 6.94. The average Bonchev–Trinajstić information content (AvgIpc) is 3.30. The maximum atomic E-state index is 14.0. The summed E-state index contributed by atoms with van der Waals surface area (Å²) in [5, 5.41) is 7.49. The molecule has 4 rings (SSSR count). The minimum Gasteiger partial charge on any atom is -0.372 e. The molecule has 2 atom stereocenters. The van der Waals surface area contributed by atoms with Gasteiger partial charge in [-0.2, -0.15) is 13.2 Å². The minimum atomic E-state index is -4.52. The lowest BCUT2D eigenvalue weighted by atomic mass is 10.0. The van der Waals surface area contributed by atoms with Crippen LogP contribution in [0.4, 0.5) is 22.0 Å². The van der Waals surface area contributed by atoms with Gasteiger partial charge in [-0.25, -0.2) is 13.8 Å². The number of carbonyl (C=O) groups is 2. The van der Waals surface area contributed by atoms with Crippen LogP contribution in [-0.4, -0.2) is 65.6 Å². The van der Waals surface area contributed by atoms with E-state index in [1.165, 1.54) is 0 Å². The maximum Gasteiger partial charge on any atom is 0.401 e. The zero-order chi connectivity index (χ0) is 24.6. The number of allylic oxidation sites excluding steroid dienone is 2. The smallest absolute Gasteiger partial charge is 0.372 e. The number of amides is 2. The van der Waals surface area contributed by atoms with Crippen molar-refractivity contribution in [3.05, 3.63) is 33.4 Å². The molecule has 13 heteroatoms. The summed E-state index contributed by atoms with van der Waals surface area (Å²) in [5.41, 5.74) is -0.723. The normalized spacial score (nSPS) is 23.0. The Morgan fingerprint density at radius 3 is 2.62 bits per heavy atom. The number of aromatic nitrogens is 1. The number of dihydropyridines is 1. The molecule has 1 saturated carbocycles. The fourth-order valence-electron chi connectivity index (χ4n) is 3.89. The van der Waals surface area contributed by atoms with Crippen molar-refractivity contribution in [1.82, 2.24) is 25.8 Å². The van der Waals surface area contributed by atoms with Crippen LogP contribution < -0.4 is 16.0 Å². The molecule has 0 spiro atoms. The van der Waals surface area contributed by atoms with E-state index in [9.17, 15) is 31.5 Å². The van der Waals surface area contributed by atoms with E-state index in [0.29, 0.717) is 6.54 Å². The van der Waals surface area contributed by atoms with Gasteiger partial charge in [0.2, 0.25) is 0 Å². The molecular formula is C21H24F5N5O2S. The van der Waals surface area contributed by atoms with E-state index < -0.39 is 42.7 Å². The van der Waals surface area contributed by atoms with Gasteiger partial charge in [0.1, 0.15) is 5.69 Å². The topological polar surface area (TPSA) is 86.4 Å². The zero-order valence-electron chi connectivity index (χ0n) is 18.2. The minimum absolute atomic E-state index is 0.0241. The van der Waals surface area contributed by atoms with Crippen molar-refractivity contribution in [2.75, 3.05) is 13.1 Å². The SMILES string of the molecule is CC1CCCN1C(=O)c1nc(C(=O)NC2CC2)sc1C1=CNC(NCC(F)(F)F)C=C1C(F)F. The van der Waals surface area contributed by atoms with E-state index in [1.807, 2.05) is 6.92 Å². The lowest BCUT2D eigenvalue weighted by molar-refractivity contribution is -0.125. The highest BCUT2D eigenvalue weighted by atomic mass is 32.1. The highest BCUT2D eigenvalue weighted by Crippen LogP contribution is 2.37. The van der Waals surface area contributed by atoms with Gasteiger partial charge in [0, 0.05) is 36.0 Å². The van der Waals surface area contributed by atoms with Crippen molar-refractivity contribution >= 4 is 28.7 Å². The number of likely N-dealkylation sites (tertiary alicyclic amines) is 1. The summed E-state index contributed by atoms with van der Waals surface area (Å²) >= 11 is 0.819. The van der Waals surface area contributed by atoms with Gasteiger partial charge < -0.3 is 15.5 Å². The molecule has 2 unspecified atom stereocenters. The van der Waals surface area contributed by atoms with Crippen LogP contribution in [0.2, 0.25) is 0 Å². The van der Waals surface area contributed by atoms with Crippen LogP contribution in [0.1, 0.15) is 57.8 Å². The first-order valence-electron chi connectivity index (χ1n) is 10.9. The van der Waals surface area contributed by atoms with Crippen LogP contribution in [0.5, 0.6) is 0 Å². The van der Waals surface area contributed by atoms with Crippen molar-refractivity contribution in [1.29, 1.82) is 0 Å². The van der Waals surface area contributed by atoms with Crippen LogP contribution in [0.15, 0.2) is 17.8 Å². The van der Waals surface area contributed by atoms with E-state index in [0.717, 1.165) is 49.3 Å². The summed E-state index contributed by atoms with van der Waals surface area (Å²) in [5.74, 6) is -0.951. The van der Waals surface area contributed by atoms with E-state index >= 15 is 0 Å². The van der Waals surface area contributed by atoms with Gasteiger partial charge in [0.15, 0.2) is 5.01 Å². The first kappa shape index (κ1) is 24.6. The Hall–Kier alpha value is -2.54. The molecule has 7 nitrogen and oxygen atoms in total. The fraction of sp³-hybridized carbons (Fsp3) is 0.571. The van der Waals surface area contributed by atoms with Gasteiger partial charge in [-0.1, -0.05) is 0 Å². The average molecular weight is 506 g/mol. The van der Waals surface area contributed by atoms with E-state index in [1.54, 1.807) is 4.90 Å². The Morgan fingerprint density at radius 2 is 2.03 bits per heavy atom. The second-order valence-electron chi connectivity index (χ2n) is 8.56. The first-order chi connectivity index (χ1) is 16.0. The number of thiazole rings is 1. The molecule has 0 bridgehead atoms. The lowest BCUT2D eigenvalue weighted by Gasteiger charge is -2.25. The van der Waals surface area contributed by atoms with Crippen molar-refractivity contribution in [3.63, 3.8) is 0 Å². The van der Waals surface area contributed by atoms with Crippen LogP contribution in [0.25, 0.3) is 5.57 Å². The molecule has 0 radical (unpaired) electrons. The number of rotatable bonds is 7. The fourth-order valence-corrected chi connectivity index (χ4v) is 4.89. The number of nitrogens with one attached hydrogen (secondary N) is 3. The number of hydrogen-bond acceptors (Lipinski definition) is 6. The number of hydrogen-bond donors (Lipinski definition) is 3. The Labute approximate surface area is 196 Å². The first-order valence-corrected chi connectivity index (χ1v) is 11.7. The van der Waals surface area contributed by atoms with Crippen LogP contribution in [0.3, 0.4) is 0 Å². The summed E-state index contributed by atoms with van der Waals surface area (Å²) in [7, 11) is 0. The van der Waals surface area contributed by atoms with Crippen LogP contribution >= 0.6 is 11.3 Å². The predicted molar refractivity (Wildman–Crippen MR) is 115 cm³/mol. The molecule has 2 fully saturated rings. The third kappa shape index (κ3) is 5.57. The lowest BCUT2D eigenvalue weighted by Crippen LogP contribution is -2.44. The predicted octanol–water partition coefficient (Wildman–Crippen LogP) is 3.27.